The molecule has 0 bridgehead atoms. The van der Waals surface area contributed by atoms with Gasteiger partial charge in [-0.1, -0.05) is 0 Å². The molecule has 6 heavy (non-hydrogen) atoms. The predicted molar refractivity (Wildman–Crippen MR) is 34.0 cm³/mol. The van der Waals surface area contributed by atoms with Crippen LogP contribution >= 0.6 is 0 Å². The average molecular weight is 147 g/mol. The number of hydrogen-bond acceptors (Lipinski definition) is 0. The van der Waals surface area contributed by atoms with E-state index < -0.39 is 14.3 Å². The Morgan fingerprint density at radius 2 is 1.33 bits per heavy atom. The predicted octanol–water partition coefficient (Wildman–Crippen LogP) is 1.88. The Balaban J connectivity index is 2.99. The van der Waals surface area contributed by atoms with Crippen LogP contribution in [0.5, 0.6) is 0 Å². The molecule has 0 saturated carbocycles. The average Bonchev–Trinajstić information content (AvgIpc) is 1.36. The van der Waals surface area contributed by atoms with Crippen LogP contribution in [-0.2, 0) is 0 Å². The van der Waals surface area contributed by atoms with Crippen molar-refractivity contribution in [3.05, 3.63) is 0 Å². The third kappa shape index (κ3) is 2.76. The molecule has 0 amide bonds. The van der Waals surface area contributed by atoms with Crippen LogP contribution in [0.25, 0.3) is 0 Å². The SMILES string of the molecule is C[CH](C)[GeH]([CH3])[CH3]. The van der Waals surface area contributed by atoms with Gasteiger partial charge >= 0.3 is 44.5 Å². The summed E-state index contributed by atoms with van der Waals surface area (Å²) in [7, 11) is 0. The molecule has 38 valence electrons. The zero-order chi connectivity index (χ0) is 5.15. The molecule has 0 aliphatic carbocycles. The summed E-state index contributed by atoms with van der Waals surface area (Å²) in [5.74, 6) is 4.86. The Hall–Kier alpha value is 0.543. The summed E-state index contributed by atoms with van der Waals surface area (Å²) in [6, 6.07) is 0. The fourth-order valence-corrected chi connectivity index (χ4v) is 0. The molecule has 0 unspecified atom stereocenters. The second kappa shape index (κ2) is 2.67. The summed E-state index contributed by atoms with van der Waals surface area (Å²) in [5, 5.41) is 0. The molecular weight excluding hydrogens is 133 g/mol. The van der Waals surface area contributed by atoms with Gasteiger partial charge in [-0.15, -0.1) is 0 Å². The Labute approximate surface area is 45.0 Å². The second-order valence-corrected chi connectivity index (χ2v) is 10.5. The Morgan fingerprint density at radius 3 is 1.33 bits per heavy atom. The number of hydrogen-bond donors (Lipinski definition) is 0. The third-order valence-electron chi connectivity index (χ3n) is 1.33. The van der Waals surface area contributed by atoms with Crippen LogP contribution in [-0.4, -0.2) is 14.3 Å². The van der Waals surface area contributed by atoms with Gasteiger partial charge in [0.15, 0.2) is 0 Å². The van der Waals surface area contributed by atoms with Crippen LogP contribution in [0.4, 0.5) is 0 Å². The van der Waals surface area contributed by atoms with Gasteiger partial charge < -0.3 is 0 Å². The van der Waals surface area contributed by atoms with Gasteiger partial charge in [0.1, 0.15) is 0 Å². The van der Waals surface area contributed by atoms with E-state index in [1.54, 1.807) is 0 Å². The van der Waals surface area contributed by atoms with E-state index in [0.717, 1.165) is 4.75 Å². The van der Waals surface area contributed by atoms with Crippen molar-refractivity contribution in [2.45, 2.75) is 30.1 Å². The molecule has 0 fully saturated rings. The Morgan fingerprint density at radius 1 is 1.17 bits per heavy atom. The minimum absolute atomic E-state index is 0.627. The van der Waals surface area contributed by atoms with Crippen LogP contribution in [0, 0.1) is 0 Å². The van der Waals surface area contributed by atoms with Crippen LogP contribution in [0.1, 0.15) is 13.8 Å². The maximum absolute atomic E-state index is 2.43. The van der Waals surface area contributed by atoms with Crippen LogP contribution in [0.3, 0.4) is 0 Å². The first-order valence-electron chi connectivity index (χ1n) is 2.64. The monoisotopic (exact) mass is 148 g/mol. The van der Waals surface area contributed by atoms with E-state index in [9.17, 15) is 0 Å². The molecule has 0 saturated heterocycles. The van der Waals surface area contributed by atoms with Crippen molar-refractivity contribution >= 4 is 14.3 Å². The van der Waals surface area contributed by atoms with Gasteiger partial charge in [0.2, 0.25) is 0 Å². The fraction of sp³-hybridized carbons (Fsp3) is 1.00. The quantitative estimate of drug-likeness (QED) is 0.496. The summed E-state index contributed by atoms with van der Waals surface area (Å²) in [4.78, 5) is 0. The molecule has 0 atom stereocenters. The van der Waals surface area contributed by atoms with Gasteiger partial charge in [-0.2, -0.15) is 0 Å². The van der Waals surface area contributed by atoms with Crippen molar-refractivity contribution in [1.82, 2.24) is 0 Å². The van der Waals surface area contributed by atoms with E-state index in [-0.39, 0.29) is 0 Å². The molecule has 0 aromatic heterocycles. The van der Waals surface area contributed by atoms with Crippen molar-refractivity contribution in [3.63, 3.8) is 0 Å². The maximum atomic E-state index is 2.43. The Kier molecular flexibility index (Phi) is 2.91. The fourth-order valence-electron chi connectivity index (χ4n) is 0. The molecule has 0 aliphatic heterocycles. The van der Waals surface area contributed by atoms with Gasteiger partial charge in [-0.3, -0.25) is 0 Å². The first-order valence-corrected chi connectivity index (χ1v) is 8.89. The Bertz CT molecular complexity index is 24.9. The van der Waals surface area contributed by atoms with Crippen LogP contribution in [0.2, 0.25) is 16.3 Å². The molecular formula is C5H14Ge. The van der Waals surface area contributed by atoms with Crippen molar-refractivity contribution < 1.29 is 0 Å². The van der Waals surface area contributed by atoms with E-state index in [4.69, 9.17) is 0 Å². The van der Waals surface area contributed by atoms with E-state index in [1.807, 2.05) is 0 Å². The summed E-state index contributed by atoms with van der Waals surface area (Å²) in [5.41, 5.74) is 0. The normalized spacial score (nSPS) is 11.0. The van der Waals surface area contributed by atoms with Crippen LogP contribution < -0.4 is 0 Å². The van der Waals surface area contributed by atoms with Gasteiger partial charge in [0, 0.05) is 0 Å². The first-order chi connectivity index (χ1) is 2.64. The molecule has 0 heterocycles. The summed E-state index contributed by atoms with van der Waals surface area (Å²) >= 11 is -0.627. The minimum atomic E-state index is -0.627. The second-order valence-electron chi connectivity index (χ2n) is 2.49. The molecule has 0 radical (unpaired) electrons. The first kappa shape index (κ1) is 6.54. The zero-order valence-electron chi connectivity index (χ0n) is 5.15. The van der Waals surface area contributed by atoms with Crippen molar-refractivity contribution in [2.75, 3.05) is 0 Å². The molecule has 0 aromatic carbocycles. The molecule has 0 N–H and O–H groups in total. The van der Waals surface area contributed by atoms with E-state index in [1.165, 1.54) is 0 Å². The number of rotatable bonds is 1. The van der Waals surface area contributed by atoms with Gasteiger partial charge in [-0.25, -0.2) is 0 Å². The molecule has 1 heteroatoms. The topological polar surface area (TPSA) is 0 Å². The van der Waals surface area contributed by atoms with Crippen molar-refractivity contribution in [2.24, 2.45) is 0 Å². The molecule has 0 aliphatic rings. The van der Waals surface area contributed by atoms with Gasteiger partial charge in [0.25, 0.3) is 0 Å². The molecule has 0 rings (SSSR count). The standard InChI is InChI=1S/C5H14Ge/c1-5(2)6(3)4/h5-6H,1-4H3. The van der Waals surface area contributed by atoms with Gasteiger partial charge in [-0.05, 0) is 0 Å². The van der Waals surface area contributed by atoms with Gasteiger partial charge in [0.05, 0.1) is 0 Å². The molecule has 0 aromatic rings. The van der Waals surface area contributed by atoms with Crippen molar-refractivity contribution in [3.8, 4) is 0 Å². The van der Waals surface area contributed by atoms with Crippen LogP contribution in [0.15, 0.2) is 0 Å². The van der Waals surface area contributed by atoms with Crippen molar-refractivity contribution in [1.29, 1.82) is 0 Å². The van der Waals surface area contributed by atoms with E-state index in [0.29, 0.717) is 0 Å². The molecule has 0 spiro atoms. The third-order valence-corrected chi connectivity index (χ3v) is 6.93. The van der Waals surface area contributed by atoms with E-state index in [2.05, 4.69) is 25.4 Å². The summed E-state index contributed by atoms with van der Waals surface area (Å²) in [6.07, 6.45) is 0. The van der Waals surface area contributed by atoms with E-state index >= 15 is 0 Å². The molecule has 0 nitrogen and oxygen atoms in total. The summed E-state index contributed by atoms with van der Waals surface area (Å²) in [6.45, 7) is 4.65. The zero-order valence-corrected chi connectivity index (χ0v) is 7.58. The summed E-state index contributed by atoms with van der Waals surface area (Å²) < 4.78 is 1.04.